The van der Waals surface area contributed by atoms with Crippen LogP contribution >= 0.6 is 0 Å². The van der Waals surface area contributed by atoms with Crippen LogP contribution in [0.3, 0.4) is 0 Å². The Hall–Kier alpha value is -0.461. The van der Waals surface area contributed by atoms with Crippen LogP contribution in [-0.4, -0.2) is 36.1 Å². The number of pyridine rings is 1. The summed E-state index contributed by atoms with van der Waals surface area (Å²) in [6.45, 7) is 5.40. The van der Waals surface area contributed by atoms with E-state index in [1.165, 1.54) is 61.7 Å². The molecule has 1 heterocycles. The summed E-state index contributed by atoms with van der Waals surface area (Å²) in [6, 6.07) is 3.65. The van der Waals surface area contributed by atoms with Crippen molar-refractivity contribution in [3.8, 4) is 5.75 Å². The first-order chi connectivity index (χ1) is 11.9. The third kappa shape index (κ3) is 8.18. The number of hydrogen-bond acceptors (Lipinski definition) is 2. The first kappa shape index (κ1) is 22.6. The number of hydrogen-bond donors (Lipinski definition) is 0. The predicted octanol–water partition coefficient (Wildman–Crippen LogP) is 6.08. The zero-order valence-electron chi connectivity index (χ0n) is 15.8. The normalized spacial score (nSPS) is 12.4. The average Bonchev–Trinajstić information content (AvgIpc) is 2.59. The molecule has 0 saturated carbocycles. The van der Waals surface area contributed by atoms with E-state index in [2.05, 4.69) is 25.8 Å². The van der Waals surface area contributed by atoms with Crippen molar-refractivity contribution >= 4 is 22.1 Å². The second kappa shape index (κ2) is 11.3. The molecule has 1 aromatic heterocycles. The van der Waals surface area contributed by atoms with Crippen molar-refractivity contribution in [2.24, 2.45) is 0 Å². The molecule has 0 N–H and O–H groups in total. The van der Waals surface area contributed by atoms with Gasteiger partial charge in [-0.05, 0) is 0 Å². The van der Waals surface area contributed by atoms with Gasteiger partial charge < -0.3 is 0 Å². The molecule has 0 spiro atoms. The van der Waals surface area contributed by atoms with Gasteiger partial charge in [0.25, 0.3) is 0 Å². The molecule has 0 radical (unpaired) electrons. The number of alkyl halides is 3. The third-order valence-electron chi connectivity index (χ3n) is 4.71. The molecule has 2 nitrogen and oxygen atoms in total. The van der Waals surface area contributed by atoms with Crippen LogP contribution in [0.15, 0.2) is 18.3 Å². The monoisotopic (exact) mass is 467 g/mol. The van der Waals surface area contributed by atoms with Gasteiger partial charge in [0.15, 0.2) is 0 Å². The quantitative estimate of drug-likeness (QED) is 0.349. The number of rotatable bonds is 12. The van der Waals surface area contributed by atoms with Crippen molar-refractivity contribution in [2.75, 3.05) is 6.61 Å². The molecule has 0 aromatic carbocycles. The van der Waals surface area contributed by atoms with Crippen molar-refractivity contribution in [3.63, 3.8) is 0 Å². The Morgan fingerprint density at radius 1 is 0.920 bits per heavy atom. The van der Waals surface area contributed by atoms with Crippen molar-refractivity contribution < 1.29 is 17.9 Å². The Balaban J connectivity index is 2.97. The zero-order chi connectivity index (χ0) is 18.8. The number of aromatic nitrogens is 1. The summed E-state index contributed by atoms with van der Waals surface area (Å²) in [5.74, 6) is 0.211. The molecule has 0 aliphatic rings. The van der Waals surface area contributed by atoms with Crippen LogP contribution < -0.4 is 8.45 Å². The fourth-order valence-electron chi connectivity index (χ4n) is 3.25. The number of nitrogens with zero attached hydrogens (tertiary/aromatic N) is 1. The van der Waals surface area contributed by atoms with E-state index >= 15 is 0 Å². The van der Waals surface area contributed by atoms with Gasteiger partial charge in [0, 0.05) is 0 Å². The summed E-state index contributed by atoms with van der Waals surface area (Å²) < 4.78 is 46.8. The number of ether oxygens (including phenoxy) is 1. The van der Waals surface area contributed by atoms with E-state index in [-0.39, 0.29) is 5.75 Å². The van der Waals surface area contributed by atoms with Gasteiger partial charge in [0.2, 0.25) is 0 Å². The second-order valence-corrected chi connectivity index (χ2v) is 19.9. The Labute approximate surface area is 154 Å². The van der Waals surface area contributed by atoms with E-state index in [0.29, 0.717) is 0 Å². The third-order valence-corrected chi connectivity index (χ3v) is 19.9. The maximum atomic E-state index is 12.3. The fourth-order valence-corrected chi connectivity index (χ4v) is 18.6. The summed E-state index contributed by atoms with van der Waals surface area (Å²) in [4.78, 5) is 4.61. The van der Waals surface area contributed by atoms with Gasteiger partial charge in [0.1, 0.15) is 0 Å². The van der Waals surface area contributed by atoms with E-state index in [4.69, 9.17) is 4.74 Å². The van der Waals surface area contributed by atoms with Crippen LogP contribution in [0.4, 0.5) is 13.2 Å². The summed E-state index contributed by atoms with van der Waals surface area (Å²) in [5, 5.41) is 0. The van der Waals surface area contributed by atoms with Crippen molar-refractivity contribution in [2.45, 2.75) is 78.8 Å². The van der Waals surface area contributed by atoms with Gasteiger partial charge in [0.05, 0.1) is 0 Å². The minimum absolute atomic E-state index is 0.211. The van der Waals surface area contributed by atoms with E-state index in [9.17, 15) is 13.2 Å². The molecule has 1 rings (SSSR count). The SMILES string of the molecule is CCC[CH2][Sn]([CH2]CCC)([CH2]CCC)[c]1ccc(OCC(F)(F)F)cn1. The molecular weight excluding hydrogens is 434 g/mol. The number of halogens is 3. The average molecular weight is 466 g/mol. The molecule has 6 heteroatoms. The molecule has 144 valence electrons. The summed E-state index contributed by atoms with van der Waals surface area (Å²) in [5.41, 5.74) is 0. The van der Waals surface area contributed by atoms with Crippen molar-refractivity contribution in [1.82, 2.24) is 4.98 Å². The summed E-state index contributed by atoms with van der Waals surface area (Å²) in [7, 11) is 0. The molecule has 0 unspecified atom stereocenters. The van der Waals surface area contributed by atoms with Gasteiger partial charge in [-0.25, -0.2) is 0 Å². The van der Waals surface area contributed by atoms with Crippen LogP contribution in [0.25, 0.3) is 0 Å². The molecule has 0 atom stereocenters. The predicted molar refractivity (Wildman–Crippen MR) is 100 cm³/mol. The Bertz CT molecular complexity index is 455. The number of unbranched alkanes of at least 4 members (excludes halogenated alkanes) is 3. The molecular formula is C19H32F3NOSn. The van der Waals surface area contributed by atoms with Gasteiger partial charge in [-0.3, -0.25) is 0 Å². The molecule has 0 aliphatic carbocycles. The van der Waals surface area contributed by atoms with E-state index < -0.39 is 31.2 Å². The zero-order valence-corrected chi connectivity index (χ0v) is 18.6. The maximum absolute atomic E-state index is 12.3. The fraction of sp³-hybridized carbons (Fsp3) is 0.737. The molecule has 25 heavy (non-hydrogen) atoms. The first-order valence-electron chi connectivity index (χ1n) is 9.53. The van der Waals surface area contributed by atoms with Crippen LogP contribution in [0, 0.1) is 0 Å². The molecule has 1 aromatic rings. The van der Waals surface area contributed by atoms with E-state index in [1.807, 2.05) is 6.07 Å². The van der Waals surface area contributed by atoms with Gasteiger partial charge >= 0.3 is 154 Å². The minimum atomic E-state index is -4.31. The topological polar surface area (TPSA) is 22.1 Å². The van der Waals surface area contributed by atoms with Crippen LogP contribution in [0.1, 0.15) is 59.3 Å². The Kier molecular flexibility index (Phi) is 10.2. The van der Waals surface area contributed by atoms with E-state index in [1.54, 1.807) is 6.07 Å². The van der Waals surface area contributed by atoms with Gasteiger partial charge in [-0.2, -0.15) is 0 Å². The van der Waals surface area contributed by atoms with Crippen molar-refractivity contribution in [3.05, 3.63) is 18.3 Å². The summed E-state index contributed by atoms with van der Waals surface area (Å²) >= 11 is -2.60. The van der Waals surface area contributed by atoms with Crippen molar-refractivity contribution in [1.29, 1.82) is 0 Å². The molecule has 0 amide bonds. The Morgan fingerprint density at radius 3 is 1.80 bits per heavy atom. The van der Waals surface area contributed by atoms with Crippen LogP contribution in [0.5, 0.6) is 5.75 Å². The van der Waals surface area contributed by atoms with Gasteiger partial charge in [-0.15, -0.1) is 0 Å². The second-order valence-electron chi connectivity index (χ2n) is 6.87. The van der Waals surface area contributed by atoms with Crippen LogP contribution in [-0.2, 0) is 0 Å². The summed E-state index contributed by atoms with van der Waals surface area (Å²) in [6.07, 6.45) is 4.44. The first-order valence-corrected chi connectivity index (χ1v) is 17.0. The molecule has 0 bridgehead atoms. The standard InChI is InChI=1S/C7H5F3NO.3C4H9.Sn/c8-7(9,10)5-12-6-2-1-3-11-4-6;3*1-3-4-2;/h1-2,4H,5H2;3*1,3-4H2,2H3;. The van der Waals surface area contributed by atoms with E-state index in [0.717, 1.165) is 0 Å². The molecule has 0 aliphatic heterocycles. The van der Waals surface area contributed by atoms with Gasteiger partial charge in [-0.1, -0.05) is 0 Å². The molecule has 0 fully saturated rings. The van der Waals surface area contributed by atoms with Crippen LogP contribution in [0.2, 0.25) is 13.3 Å². The molecule has 0 saturated heterocycles. The Morgan fingerprint density at radius 2 is 1.44 bits per heavy atom.